The second-order valence-electron chi connectivity index (χ2n) is 5.51. The molecular formula is C16H26N4S. The molecule has 0 saturated heterocycles. The van der Waals surface area contributed by atoms with Crippen molar-refractivity contribution in [3.63, 3.8) is 0 Å². The third-order valence-corrected chi connectivity index (χ3v) is 4.89. The standard InChI is InChI=1S/C16H26N4S/c1-4-5-9-21-10-7-6-8-20-13(3)19-14-15(20)12(2)11-18-16(14)17/h11H,4-10H2,1-3H3,(H2,17,18). The Morgan fingerprint density at radius 2 is 1.95 bits per heavy atom. The Morgan fingerprint density at radius 3 is 2.71 bits per heavy atom. The molecule has 0 aliphatic heterocycles. The number of aromatic nitrogens is 3. The zero-order valence-electron chi connectivity index (χ0n) is 13.4. The van der Waals surface area contributed by atoms with Gasteiger partial charge in [0.2, 0.25) is 0 Å². The van der Waals surface area contributed by atoms with Gasteiger partial charge in [0.25, 0.3) is 0 Å². The normalized spacial score (nSPS) is 11.4. The third kappa shape index (κ3) is 3.90. The molecule has 2 aromatic rings. The molecule has 0 atom stereocenters. The predicted molar refractivity (Wildman–Crippen MR) is 92.9 cm³/mol. The van der Waals surface area contributed by atoms with Crippen LogP contribution in [-0.2, 0) is 6.54 Å². The number of unbranched alkanes of at least 4 members (excludes halogenated alkanes) is 2. The van der Waals surface area contributed by atoms with Crippen molar-refractivity contribution in [3.05, 3.63) is 17.6 Å². The summed E-state index contributed by atoms with van der Waals surface area (Å²) in [6.45, 7) is 7.39. The first-order valence-electron chi connectivity index (χ1n) is 7.80. The van der Waals surface area contributed by atoms with E-state index in [2.05, 4.69) is 47.1 Å². The minimum Gasteiger partial charge on any atom is -0.382 e. The van der Waals surface area contributed by atoms with Crippen LogP contribution >= 0.6 is 11.8 Å². The number of aryl methyl sites for hydroxylation is 3. The van der Waals surface area contributed by atoms with Gasteiger partial charge < -0.3 is 10.3 Å². The maximum atomic E-state index is 5.94. The van der Waals surface area contributed by atoms with Gasteiger partial charge >= 0.3 is 0 Å². The molecule has 116 valence electrons. The van der Waals surface area contributed by atoms with Gasteiger partial charge in [0.05, 0.1) is 5.52 Å². The van der Waals surface area contributed by atoms with Gasteiger partial charge in [-0.3, -0.25) is 0 Å². The Morgan fingerprint density at radius 1 is 1.19 bits per heavy atom. The van der Waals surface area contributed by atoms with E-state index in [4.69, 9.17) is 5.73 Å². The lowest BCUT2D eigenvalue weighted by Crippen LogP contribution is -2.02. The van der Waals surface area contributed by atoms with Crippen molar-refractivity contribution < 1.29 is 0 Å². The van der Waals surface area contributed by atoms with Crippen LogP contribution in [0.3, 0.4) is 0 Å². The number of rotatable bonds is 8. The van der Waals surface area contributed by atoms with Crippen LogP contribution in [0.25, 0.3) is 11.0 Å². The minimum atomic E-state index is 0.535. The molecule has 0 aliphatic carbocycles. The molecule has 0 aromatic carbocycles. The Hall–Kier alpha value is -1.23. The van der Waals surface area contributed by atoms with E-state index in [1.807, 2.05) is 6.20 Å². The van der Waals surface area contributed by atoms with Crippen molar-refractivity contribution in [2.24, 2.45) is 0 Å². The highest BCUT2D eigenvalue weighted by atomic mass is 32.2. The van der Waals surface area contributed by atoms with Crippen LogP contribution in [0.1, 0.15) is 44.0 Å². The summed E-state index contributed by atoms with van der Waals surface area (Å²) < 4.78 is 2.29. The molecule has 2 heterocycles. The smallest absolute Gasteiger partial charge is 0.151 e. The summed E-state index contributed by atoms with van der Waals surface area (Å²) in [5, 5.41) is 0. The van der Waals surface area contributed by atoms with Crippen LogP contribution in [0.4, 0.5) is 5.82 Å². The average Bonchev–Trinajstić information content (AvgIpc) is 2.80. The van der Waals surface area contributed by atoms with E-state index in [0.717, 1.165) is 29.0 Å². The second kappa shape index (κ2) is 7.69. The Balaban J connectivity index is 1.96. The first-order chi connectivity index (χ1) is 10.1. The maximum absolute atomic E-state index is 5.94. The van der Waals surface area contributed by atoms with E-state index >= 15 is 0 Å². The predicted octanol–water partition coefficient (Wildman–Crippen LogP) is 3.94. The quantitative estimate of drug-likeness (QED) is 0.750. The molecule has 4 nitrogen and oxygen atoms in total. The van der Waals surface area contributed by atoms with Crippen LogP contribution in [-0.4, -0.2) is 26.0 Å². The highest BCUT2D eigenvalue weighted by molar-refractivity contribution is 7.99. The summed E-state index contributed by atoms with van der Waals surface area (Å²) >= 11 is 2.07. The van der Waals surface area contributed by atoms with Crippen molar-refractivity contribution in [1.29, 1.82) is 0 Å². The lowest BCUT2D eigenvalue weighted by Gasteiger charge is -2.08. The molecule has 0 amide bonds. The number of thioether (sulfide) groups is 1. The molecule has 2 rings (SSSR count). The van der Waals surface area contributed by atoms with Crippen molar-refractivity contribution in [1.82, 2.24) is 14.5 Å². The SMILES string of the molecule is CCCCSCCCCn1c(C)nc2c(N)ncc(C)c21. The fraction of sp³-hybridized carbons (Fsp3) is 0.625. The molecule has 0 unspecified atom stereocenters. The average molecular weight is 306 g/mol. The van der Waals surface area contributed by atoms with Crippen molar-refractivity contribution in [2.45, 2.75) is 53.0 Å². The van der Waals surface area contributed by atoms with Gasteiger partial charge in [-0.05, 0) is 50.2 Å². The number of pyridine rings is 1. The van der Waals surface area contributed by atoms with Crippen LogP contribution in [0, 0.1) is 13.8 Å². The van der Waals surface area contributed by atoms with Gasteiger partial charge in [0, 0.05) is 12.7 Å². The van der Waals surface area contributed by atoms with Crippen molar-refractivity contribution in [2.75, 3.05) is 17.2 Å². The summed E-state index contributed by atoms with van der Waals surface area (Å²) in [5.74, 6) is 4.12. The molecular weight excluding hydrogens is 280 g/mol. The Kier molecular flexibility index (Phi) is 5.91. The van der Waals surface area contributed by atoms with E-state index < -0.39 is 0 Å². The van der Waals surface area contributed by atoms with Crippen LogP contribution < -0.4 is 5.73 Å². The lowest BCUT2D eigenvalue weighted by atomic mass is 10.2. The number of nitrogens with two attached hydrogens (primary N) is 1. The number of hydrogen-bond donors (Lipinski definition) is 1. The molecule has 0 saturated carbocycles. The molecule has 0 aliphatic rings. The fourth-order valence-corrected chi connectivity index (χ4v) is 3.63. The lowest BCUT2D eigenvalue weighted by molar-refractivity contribution is 0.633. The summed E-state index contributed by atoms with van der Waals surface area (Å²) in [4.78, 5) is 8.78. The van der Waals surface area contributed by atoms with E-state index in [9.17, 15) is 0 Å². The van der Waals surface area contributed by atoms with E-state index in [0.29, 0.717) is 5.82 Å². The monoisotopic (exact) mass is 306 g/mol. The topological polar surface area (TPSA) is 56.7 Å². The molecule has 0 fully saturated rings. The van der Waals surface area contributed by atoms with Gasteiger partial charge in [0.15, 0.2) is 5.82 Å². The number of nitrogens with zero attached hydrogens (tertiary/aromatic N) is 3. The van der Waals surface area contributed by atoms with Crippen molar-refractivity contribution in [3.8, 4) is 0 Å². The maximum Gasteiger partial charge on any atom is 0.151 e. The first kappa shape index (κ1) is 16.1. The molecule has 2 aromatic heterocycles. The summed E-state index contributed by atoms with van der Waals surface area (Å²) in [7, 11) is 0. The number of anilines is 1. The largest absolute Gasteiger partial charge is 0.382 e. The molecule has 21 heavy (non-hydrogen) atoms. The summed E-state index contributed by atoms with van der Waals surface area (Å²) in [5.41, 5.74) is 9.09. The Bertz CT molecular complexity index is 591. The second-order valence-corrected chi connectivity index (χ2v) is 6.73. The van der Waals surface area contributed by atoms with Gasteiger partial charge in [-0.25, -0.2) is 9.97 Å². The van der Waals surface area contributed by atoms with Gasteiger partial charge in [-0.1, -0.05) is 13.3 Å². The van der Waals surface area contributed by atoms with Gasteiger partial charge in [-0.15, -0.1) is 0 Å². The molecule has 0 spiro atoms. The summed E-state index contributed by atoms with van der Waals surface area (Å²) in [6, 6.07) is 0. The van der Waals surface area contributed by atoms with E-state index in [-0.39, 0.29) is 0 Å². The number of hydrogen-bond acceptors (Lipinski definition) is 4. The highest BCUT2D eigenvalue weighted by Crippen LogP contribution is 2.23. The van der Waals surface area contributed by atoms with E-state index in [1.54, 1.807) is 0 Å². The van der Waals surface area contributed by atoms with Gasteiger partial charge in [-0.2, -0.15) is 11.8 Å². The highest BCUT2D eigenvalue weighted by Gasteiger charge is 2.12. The van der Waals surface area contributed by atoms with Crippen LogP contribution in [0.5, 0.6) is 0 Å². The first-order valence-corrected chi connectivity index (χ1v) is 8.96. The number of nitrogen functional groups attached to an aromatic ring is 1. The fourth-order valence-electron chi connectivity index (χ4n) is 2.53. The summed E-state index contributed by atoms with van der Waals surface area (Å²) in [6.07, 6.45) is 6.92. The van der Waals surface area contributed by atoms with Crippen molar-refractivity contribution >= 4 is 28.6 Å². The van der Waals surface area contributed by atoms with Gasteiger partial charge in [0.1, 0.15) is 11.3 Å². The number of imidazole rings is 1. The van der Waals surface area contributed by atoms with Crippen LogP contribution in [0.2, 0.25) is 0 Å². The minimum absolute atomic E-state index is 0.535. The van der Waals surface area contributed by atoms with Crippen LogP contribution in [0.15, 0.2) is 6.20 Å². The molecule has 2 N–H and O–H groups in total. The molecule has 0 radical (unpaired) electrons. The zero-order valence-corrected chi connectivity index (χ0v) is 14.2. The number of fused-ring (bicyclic) bond motifs is 1. The van der Waals surface area contributed by atoms with E-state index in [1.165, 1.54) is 37.2 Å². The third-order valence-electron chi connectivity index (χ3n) is 3.73. The zero-order chi connectivity index (χ0) is 15.2. The molecule has 5 heteroatoms. The molecule has 0 bridgehead atoms. The Labute approximate surface area is 131 Å².